The zero-order valence-corrected chi connectivity index (χ0v) is 11.9. The van der Waals surface area contributed by atoms with E-state index in [0.717, 1.165) is 17.0 Å². The average Bonchev–Trinajstić information content (AvgIpc) is 2.66. The molecule has 1 unspecified atom stereocenters. The van der Waals surface area contributed by atoms with Crippen LogP contribution in [0.1, 0.15) is 35.5 Å². The smallest absolute Gasteiger partial charge is 0.123 e. The van der Waals surface area contributed by atoms with E-state index in [-0.39, 0.29) is 11.9 Å². The second-order valence-electron chi connectivity index (χ2n) is 4.88. The van der Waals surface area contributed by atoms with Gasteiger partial charge in [0.2, 0.25) is 0 Å². The van der Waals surface area contributed by atoms with Crippen molar-refractivity contribution in [2.75, 3.05) is 7.05 Å². The first-order valence-corrected chi connectivity index (χ1v) is 6.48. The summed E-state index contributed by atoms with van der Waals surface area (Å²) in [4.78, 5) is 0. The van der Waals surface area contributed by atoms with Gasteiger partial charge >= 0.3 is 0 Å². The molecule has 1 heterocycles. The Morgan fingerprint density at radius 1 is 1.26 bits per heavy atom. The van der Waals surface area contributed by atoms with Crippen molar-refractivity contribution in [3.05, 3.63) is 52.6 Å². The van der Waals surface area contributed by atoms with Crippen LogP contribution in [-0.4, -0.2) is 16.8 Å². The third-order valence-electron chi connectivity index (χ3n) is 3.55. The Morgan fingerprint density at radius 3 is 2.47 bits per heavy atom. The van der Waals surface area contributed by atoms with Gasteiger partial charge in [-0.15, -0.1) is 0 Å². The fourth-order valence-electron chi connectivity index (χ4n) is 2.40. The molecule has 19 heavy (non-hydrogen) atoms. The minimum absolute atomic E-state index is 0.207. The molecule has 0 spiro atoms. The lowest BCUT2D eigenvalue weighted by molar-refractivity contribution is 0.620. The average molecular weight is 261 g/mol. The molecule has 2 rings (SSSR count). The molecule has 0 aliphatic rings. The lowest BCUT2D eigenvalue weighted by atomic mass is 10.1. The summed E-state index contributed by atoms with van der Waals surface area (Å²) in [6.07, 6.45) is 0. The van der Waals surface area contributed by atoms with Crippen LogP contribution in [-0.2, 0) is 6.54 Å². The highest BCUT2D eigenvalue weighted by molar-refractivity contribution is 5.28. The van der Waals surface area contributed by atoms with Crippen LogP contribution in [0.2, 0.25) is 0 Å². The fraction of sp³-hybridized carbons (Fsp3) is 0.400. The van der Waals surface area contributed by atoms with Gasteiger partial charge in [-0.2, -0.15) is 5.10 Å². The lowest BCUT2D eigenvalue weighted by Gasteiger charge is -2.11. The fourth-order valence-corrected chi connectivity index (χ4v) is 2.40. The summed E-state index contributed by atoms with van der Waals surface area (Å²) in [6.45, 7) is 6.90. The van der Waals surface area contributed by atoms with Crippen molar-refractivity contribution in [1.82, 2.24) is 15.1 Å². The zero-order chi connectivity index (χ0) is 14.0. The molecule has 4 heteroatoms. The molecule has 0 amide bonds. The summed E-state index contributed by atoms with van der Waals surface area (Å²) >= 11 is 0. The van der Waals surface area contributed by atoms with E-state index in [0.29, 0.717) is 6.54 Å². The first-order valence-electron chi connectivity index (χ1n) is 6.48. The minimum atomic E-state index is -0.207. The van der Waals surface area contributed by atoms with E-state index < -0.39 is 0 Å². The predicted molar refractivity (Wildman–Crippen MR) is 74.7 cm³/mol. The summed E-state index contributed by atoms with van der Waals surface area (Å²) in [5.74, 6) is -0.207. The van der Waals surface area contributed by atoms with Crippen molar-refractivity contribution < 1.29 is 4.39 Å². The molecule has 0 aliphatic heterocycles. The molecule has 1 aromatic heterocycles. The molecule has 3 nitrogen and oxygen atoms in total. The van der Waals surface area contributed by atoms with Crippen LogP contribution in [0, 0.1) is 19.7 Å². The van der Waals surface area contributed by atoms with Crippen molar-refractivity contribution in [1.29, 1.82) is 0 Å². The van der Waals surface area contributed by atoms with E-state index in [1.165, 1.54) is 17.7 Å². The van der Waals surface area contributed by atoms with E-state index >= 15 is 0 Å². The molecule has 1 atom stereocenters. The first-order chi connectivity index (χ1) is 9.02. The maximum absolute atomic E-state index is 12.9. The van der Waals surface area contributed by atoms with Gasteiger partial charge in [0, 0.05) is 17.3 Å². The van der Waals surface area contributed by atoms with Gasteiger partial charge in [0.25, 0.3) is 0 Å². The highest BCUT2D eigenvalue weighted by atomic mass is 19.1. The second-order valence-corrected chi connectivity index (χ2v) is 4.88. The van der Waals surface area contributed by atoms with Crippen LogP contribution in [0.25, 0.3) is 0 Å². The van der Waals surface area contributed by atoms with E-state index in [4.69, 9.17) is 0 Å². The number of halogens is 1. The third-order valence-corrected chi connectivity index (χ3v) is 3.55. The van der Waals surface area contributed by atoms with Crippen molar-refractivity contribution in [3.8, 4) is 0 Å². The monoisotopic (exact) mass is 261 g/mol. The third kappa shape index (κ3) is 2.84. The van der Waals surface area contributed by atoms with Crippen LogP contribution in [0.4, 0.5) is 4.39 Å². The Balaban J connectivity index is 2.29. The maximum atomic E-state index is 12.9. The number of hydrogen-bond acceptors (Lipinski definition) is 2. The molecular weight excluding hydrogens is 241 g/mol. The van der Waals surface area contributed by atoms with Gasteiger partial charge in [-0.25, -0.2) is 4.39 Å². The molecule has 0 saturated heterocycles. The summed E-state index contributed by atoms with van der Waals surface area (Å²) in [6, 6.07) is 6.85. The van der Waals surface area contributed by atoms with E-state index in [9.17, 15) is 4.39 Å². The summed E-state index contributed by atoms with van der Waals surface area (Å²) in [5, 5.41) is 7.82. The molecule has 0 radical (unpaired) electrons. The van der Waals surface area contributed by atoms with E-state index in [2.05, 4.69) is 24.3 Å². The van der Waals surface area contributed by atoms with Gasteiger partial charge in [0.05, 0.1) is 12.2 Å². The Morgan fingerprint density at radius 2 is 1.89 bits per heavy atom. The molecule has 1 N–H and O–H groups in total. The Labute approximate surface area is 113 Å². The Hall–Kier alpha value is -1.68. The summed E-state index contributed by atoms with van der Waals surface area (Å²) < 4.78 is 14.9. The van der Waals surface area contributed by atoms with Crippen LogP contribution >= 0.6 is 0 Å². The lowest BCUT2D eigenvalue weighted by Crippen LogP contribution is -2.14. The second kappa shape index (κ2) is 5.53. The highest BCUT2D eigenvalue weighted by Crippen LogP contribution is 2.21. The number of nitrogens with zero attached hydrogens (tertiary/aromatic N) is 2. The number of rotatable bonds is 4. The van der Waals surface area contributed by atoms with Crippen molar-refractivity contribution in [2.45, 2.75) is 33.4 Å². The van der Waals surface area contributed by atoms with Crippen LogP contribution < -0.4 is 5.32 Å². The number of hydrogen-bond donors (Lipinski definition) is 1. The normalized spacial score (nSPS) is 12.7. The van der Waals surface area contributed by atoms with Gasteiger partial charge in [-0.1, -0.05) is 12.1 Å². The first kappa shape index (κ1) is 13.7. The van der Waals surface area contributed by atoms with Crippen LogP contribution in [0.3, 0.4) is 0 Å². The molecule has 0 bridgehead atoms. The van der Waals surface area contributed by atoms with Gasteiger partial charge < -0.3 is 5.32 Å². The number of aromatic nitrogens is 2. The van der Waals surface area contributed by atoms with Gasteiger partial charge in [-0.05, 0) is 45.5 Å². The quantitative estimate of drug-likeness (QED) is 0.917. The molecule has 0 saturated carbocycles. The summed E-state index contributed by atoms with van der Waals surface area (Å²) in [5.41, 5.74) is 4.49. The van der Waals surface area contributed by atoms with Gasteiger partial charge in [0.15, 0.2) is 0 Å². The maximum Gasteiger partial charge on any atom is 0.123 e. The molecule has 0 aliphatic carbocycles. The predicted octanol–water partition coefficient (Wildman–Crippen LogP) is 2.97. The molecule has 1 aromatic carbocycles. The Kier molecular flexibility index (Phi) is 4.00. The van der Waals surface area contributed by atoms with Crippen LogP contribution in [0.15, 0.2) is 24.3 Å². The van der Waals surface area contributed by atoms with Crippen molar-refractivity contribution in [2.24, 2.45) is 0 Å². The van der Waals surface area contributed by atoms with Gasteiger partial charge in [-0.3, -0.25) is 4.68 Å². The minimum Gasteiger partial charge on any atom is -0.313 e. The number of nitrogens with one attached hydrogen (secondary N) is 1. The standard InChI is InChI=1S/C15H20FN3/c1-10(17-4)15-11(2)18-19(12(15)3)9-13-5-7-14(16)8-6-13/h5-8,10,17H,9H2,1-4H3. The van der Waals surface area contributed by atoms with Crippen molar-refractivity contribution in [3.63, 3.8) is 0 Å². The van der Waals surface area contributed by atoms with E-state index in [1.54, 1.807) is 12.1 Å². The van der Waals surface area contributed by atoms with Crippen LogP contribution in [0.5, 0.6) is 0 Å². The van der Waals surface area contributed by atoms with E-state index in [1.807, 2.05) is 18.7 Å². The number of aryl methyl sites for hydroxylation is 1. The molecule has 102 valence electrons. The summed E-state index contributed by atoms with van der Waals surface area (Å²) in [7, 11) is 1.95. The SMILES string of the molecule is CNC(C)c1c(C)nn(Cc2ccc(F)cc2)c1C. The molecular formula is C15H20FN3. The highest BCUT2D eigenvalue weighted by Gasteiger charge is 2.16. The number of benzene rings is 1. The largest absolute Gasteiger partial charge is 0.313 e. The topological polar surface area (TPSA) is 29.9 Å². The molecule has 2 aromatic rings. The Bertz CT molecular complexity index is 558. The zero-order valence-electron chi connectivity index (χ0n) is 11.9. The van der Waals surface area contributed by atoms with Gasteiger partial charge in [0.1, 0.15) is 5.82 Å². The molecule has 0 fully saturated rings. The van der Waals surface area contributed by atoms with Crippen molar-refractivity contribution >= 4 is 0 Å².